The van der Waals surface area contributed by atoms with Crippen molar-refractivity contribution in [2.75, 3.05) is 19.8 Å². The van der Waals surface area contributed by atoms with Crippen LogP contribution >= 0.6 is 11.6 Å². The Kier molecular flexibility index (Phi) is 7.90. The number of benzene rings is 3. The predicted octanol–water partition coefficient (Wildman–Crippen LogP) is 4.87. The minimum atomic E-state index is -0.651. The fourth-order valence-electron chi connectivity index (χ4n) is 2.68. The van der Waals surface area contributed by atoms with Gasteiger partial charge in [0.25, 0.3) is 0 Å². The van der Waals surface area contributed by atoms with Crippen molar-refractivity contribution in [3.8, 4) is 17.2 Å². The quantitative estimate of drug-likeness (QED) is 0.268. The maximum Gasteiger partial charge on any atom is 0.349 e. The van der Waals surface area contributed by atoms with E-state index in [0.717, 1.165) is 5.56 Å². The second-order valence-electron chi connectivity index (χ2n) is 6.47. The van der Waals surface area contributed by atoms with Crippen LogP contribution in [-0.4, -0.2) is 31.8 Å². The Balaban J connectivity index is 1.51. The van der Waals surface area contributed by atoms with E-state index in [1.54, 1.807) is 30.3 Å². The van der Waals surface area contributed by atoms with Crippen LogP contribution in [0.2, 0.25) is 5.02 Å². The first-order valence-corrected chi connectivity index (χ1v) is 9.94. The van der Waals surface area contributed by atoms with Crippen molar-refractivity contribution in [1.82, 2.24) is 0 Å². The highest BCUT2D eigenvalue weighted by Gasteiger charge is 2.17. The Labute approximate surface area is 185 Å². The number of ether oxygens (including phenoxy) is 4. The van der Waals surface area contributed by atoms with E-state index in [0.29, 0.717) is 16.5 Å². The molecule has 0 unspecified atom stereocenters. The van der Waals surface area contributed by atoms with Crippen molar-refractivity contribution in [1.29, 1.82) is 0 Å². The van der Waals surface area contributed by atoms with Gasteiger partial charge in [-0.15, -0.1) is 0 Å². The van der Waals surface area contributed by atoms with Gasteiger partial charge in [0.1, 0.15) is 36.0 Å². The third kappa shape index (κ3) is 6.76. The molecule has 0 aromatic heterocycles. The minimum Gasteiger partial charge on any atom is -0.490 e. The predicted molar refractivity (Wildman–Crippen MR) is 116 cm³/mol. The van der Waals surface area contributed by atoms with Crippen LogP contribution in [0.5, 0.6) is 17.2 Å². The monoisotopic (exact) mass is 440 g/mol. The molecule has 0 bridgehead atoms. The van der Waals surface area contributed by atoms with Crippen molar-refractivity contribution < 1.29 is 28.5 Å². The van der Waals surface area contributed by atoms with E-state index in [-0.39, 0.29) is 31.1 Å². The summed E-state index contributed by atoms with van der Waals surface area (Å²) in [6.45, 7) is 1.75. The summed E-state index contributed by atoms with van der Waals surface area (Å²) in [5, 5.41) is 0.578. The molecule has 0 fully saturated rings. The molecule has 0 aliphatic heterocycles. The van der Waals surface area contributed by atoms with Crippen LogP contribution in [-0.2, 0) is 9.53 Å². The molecule has 0 aliphatic carbocycles. The van der Waals surface area contributed by atoms with Gasteiger partial charge in [-0.2, -0.15) is 0 Å². The highest BCUT2D eigenvalue weighted by atomic mass is 35.5. The van der Waals surface area contributed by atoms with Crippen LogP contribution in [0.15, 0.2) is 72.8 Å². The number of rotatable bonds is 9. The van der Waals surface area contributed by atoms with Gasteiger partial charge in [-0.3, -0.25) is 0 Å². The molecule has 0 heterocycles. The number of para-hydroxylation sites is 2. The topological polar surface area (TPSA) is 71.1 Å². The van der Waals surface area contributed by atoms with Gasteiger partial charge < -0.3 is 18.9 Å². The van der Waals surface area contributed by atoms with Crippen LogP contribution in [0.4, 0.5) is 0 Å². The molecule has 0 saturated heterocycles. The molecule has 160 valence electrons. The molecule has 0 N–H and O–H groups in total. The number of hydrogen-bond acceptors (Lipinski definition) is 6. The first kappa shape index (κ1) is 22.2. The fourth-order valence-corrected chi connectivity index (χ4v) is 2.90. The zero-order valence-electron chi connectivity index (χ0n) is 16.9. The Hall–Kier alpha value is -3.51. The van der Waals surface area contributed by atoms with Gasteiger partial charge in [0, 0.05) is 5.02 Å². The van der Waals surface area contributed by atoms with Gasteiger partial charge in [-0.25, -0.2) is 9.59 Å². The van der Waals surface area contributed by atoms with Gasteiger partial charge in [0.2, 0.25) is 0 Å². The van der Waals surface area contributed by atoms with E-state index < -0.39 is 11.9 Å². The van der Waals surface area contributed by atoms with Crippen LogP contribution in [0.1, 0.15) is 15.9 Å². The first-order chi connectivity index (χ1) is 15.0. The summed E-state index contributed by atoms with van der Waals surface area (Å²) in [5.74, 6) is 0.0331. The molecule has 0 amide bonds. The summed E-state index contributed by atoms with van der Waals surface area (Å²) < 4.78 is 21.5. The van der Waals surface area contributed by atoms with Crippen molar-refractivity contribution >= 4 is 23.5 Å². The van der Waals surface area contributed by atoms with Crippen LogP contribution in [0.25, 0.3) is 0 Å². The summed E-state index contributed by atoms with van der Waals surface area (Å²) in [7, 11) is 0. The fraction of sp³-hybridized carbons (Fsp3) is 0.167. The molecule has 0 spiro atoms. The highest BCUT2D eigenvalue weighted by Crippen LogP contribution is 2.23. The Morgan fingerprint density at radius 2 is 1.58 bits per heavy atom. The maximum absolute atomic E-state index is 12.4. The Bertz CT molecular complexity index is 1040. The Morgan fingerprint density at radius 3 is 2.35 bits per heavy atom. The molecule has 31 heavy (non-hydrogen) atoms. The molecular weight excluding hydrogens is 420 g/mol. The van der Waals surface area contributed by atoms with Crippen molar-refractivity contribution in [2.45, 2.75) is 6.92 Å². The molecule has 3 aromatic rings. The smallest absolute Gasteiger partial charge is 0.349 e. The number of aryl methyl sites for hydroxylation is 1. The number of carbonyl (C=O) groups is 2. The summed E-state index contributed by atoms with van der Waals surface area (Å²) in [6, 6.07) is 20.6. The van der Waals surface area contributed by atoms with Crippen molar-refractivity contribution in [2.24, 2.45) is 0 Å². The van der Waals surface area contributed by atoms with Crippen LogP contribution in [0.3, 0.4) is 0 Å². The SMILES string of the molecule is Cc1cc(Cl)ccc1OCC(=O)Oc1ccccc1C(=O)OCCOc1ccccc1. The average Bonchev–Trinajstić information content (AvgIpc) is 2.77. The molecule has 0 saturated carbocycles. The van der Waals surface area contributed by atoms with E-state index in [2.05, 4.69) is 0 Å². The normalized spacial score (nSPS) is 10.3. The highest BCUT2D eigenvalue weighted by molar-refractivity contribution is 6.30. The zero-order chi connectivity index (χ0) is 22.1. The molecule has 7 heteroatoms. The van der Waals surface area contributed by atoms with Crippen LogP contribution in [0, 0.1) is 6.92 Å². The lowest BCUT2D eigenvalue weighted by molar-refractivity contribution is -0.136. The minimum absolute atomic E-state index is 0.0506. The molecule has 6 nitrogen and oxygen atoms in total. The number of esters is 2. The molecule has 0 radical (unpaired) electrons. The lowest BCUT2D eigenvalue weighted by atomic mass is 10.2. The van der Waals surface area contributed by atoms with Crippen molar-refractivity contribution in [3.05, 3.63) is 88.9 Å². The first-order valence-electron chi connectivity index (χ1n) is 9.56. The molecular formula is C24H21ClO6. The second kappa shape index (κ2) is 11.0. The van der Waals surface area contributed by atoms with E-state index in [9.17, 15) is 9.59 Å². The van der Waals surface area contributed by atoms with Crippen LogP contribution < -0.4 is 14.2 Å². The third-order valence-corrected chi connectivity index (χ3v) is 4.38. The maximum atomic E-state index is 12.4. The Morgan fingerprint density at radius 1 is 0.839 bits per heavy atom. The standard InChI is InChI=1S/C24H21ClO6/c1-17-15-18(25)11-12-21(17)30-16-23(26)31-22-10-6-5-9-20(22)24(27)29-14-13-28-19-7-3-2-4-8-19/h2-12,15H,13-14,16H2,1H3. The number of halogens is 1. The van der Waals surface area contributed by atoms with Crippen molar-refractivity contribution in [3.63, 3.8) is 0 Å². The van der Waals surface area contributed by atoms with Gasteiger partial charge in [-0.1, -0.05) is 41.9 Å². The molecule has 0 atom stereocenters. The lowest BCUT2D eigenvalue weighted by Gasteiger charge is -2.12. The summed E-state index contributed by atoms with van der Waals surface area (Å²) in [5.41, 5.74) is 0.931. The van der Waals surface area contributed by atoms with Gasteiger partial charge in [0.15, 0.2) is 6.61 Å². The molecule has 3 aromatic carbocycles. The molecule has 0 aliphatic rings. The van der Waals surface area contributed by atoms with E-state index in [1.165, 1.54) is 12.1 Å². The summed E-state index contributed by atoms with van der Waals surface area (Å²) in [4.78, 5) is 24.6. The van der Waals surface area contributed by atoms with Gasteiger partial charge >= 0.3 is 11.9 Å². The largest absolute Gasteiger partial charge is 0.490 e. The van der Waals surface area contributed by atoms with Gasteiger partial charge in [-0.05, 0) is 55.0 Å². The van der Waals surface area contributed by atoms with E-state index in [1.807, 2.05) is 37.3 Å². The van der Waals surface area contributed by atoms with E-state index in [4.69, 9.17) is 30.5 Å². The second-order valence-corrected chi connectivity index (χ2v) is 6.90. The summed E-state index contributed by atoms with van der Waals surface area (Å²) in [6.07, 6.45) is 0. The number of hydrogen-bond donors (Lipinski definition) is 0. The average molecular weight is 441 g/mol. The third-order valence-electron chi connectivity index (χ3n) is 4.14. The number of carbonyl (C=O) groups excluding carboxylic acids is 2. The van der Waals surface area contributed by atoms with Gasteiger partial charge in [0.05, 0.1) is 0 Å². The zero-order valence-corrected chi connectivity index (χ0v) is 17.6. The van der Waals surface area contributed by atoms with E-state index >= 15 is 0 Å². The molecule has 3 rings (SSSR count). The summed E-state index contributed by atoms with van der Waals surface area (Å²) >= 11 is 5.91. The lowest BCUT2D eigenvalue weighted by Crippen LogP contribution is -2.20.